The van der Waals surface area contributed by atoms with E-state index in [4.69, 9.17) is 0 Å². The topological polar surface area (TPSA) is 117 Å². The number of carbonyl (C=O) groups is 3. The Bertz CT molecular complexity index is 1100. The molecule has 0 bridgehead atoms. The highest BCUT2D eigenvalue weighted by Crippen LogP contribution is 2.25. The summed E-state index contributed by atoms with van der Waals surface area (Å²) in [5.41, 5.74) is 1.07. The molecule has 1 aliphatic rings. The number of anilines is 1. The fourth-order valence-electron chi connectivity index (χ4n) is 2.75. The van der Waals surface area contributed by atoms with Crippen LogP contribution >= 0.6 is 0 Å². The second kappa shape index (κ2) is 7.13. The summed E-state index contributed by atoms with van der Waals surface area (Å²) in [6.07, 6.45) is 1.53. The van der Waals surface area contributed by atoms with Gasteiger partial charge in [-0.05, 0) is 42.8 Å². The number of rotatable bonds is 5. The van der Waals surface area contributed by atoms with Crippen LogP contribution in [0.5, 0.6) is 0 Å². The van der Waals surface area contributed by atoms with E-state index in [9.17, 15) is 22.8 Å². The largest absolute Gasteiger partial charge is 0.310 e. The molecule has 1 aromatic heterocycles. The van der Waals surface area contributed by atoms with Crippen molar-refractivity contribution < 1.29 is 22.8 Å². The van der Waals surface area contributed by atoms with E-state index in [1.54, 1.807) is 12.1 Å². The molecule has 0 spiro atoms. The molecular formula is C18H18N4O5S. The summed E-state index contributed by atoms with van der Waals surface area (Å²) in [6.45, 7) is 1.40. The van der Waals surface area contributed by atoms with Crippen molar-refractivity contribution in [1.29, 1.82) is 0 Å². The fourth-order valence-corrected chi connectivity index (χ4v) is 3.91. The number of hydrogen-bond acceptors (Lipinski definition) is 6. The first-order chi connectivity index (χ1) is 13.1. The van der Waals surface area contributed by atoms with Crippen molar-refractivity contribution >= 4 is 33.6 Å². The molecule has 3 amide bonds. The number of aryl methyl sites for hydroxylation is 1. The number of benzene rings is 1. The Morgan fingerprint density at radius 1 is 1.14 bits per heavy atom. The Hall–Kier alpha value is -3.11. The van der Waals surface area contributed by atoms with Gasteiger partial charge in [-0.15, -0.1) is 0 Å². The smallest absolute Gasteiger partial charge is 0.261 e. The van der Waals surface area contributed by atoms with Gasteiger partial charge >= 0.3 is 0 Å². The van der Waals surface area contributed by atoms with E-state index in [1.165, 1.54) is 32.4 Å². The molecule has 28 heavy (non-hydrogen) atoms. The number of nitrogens with one attached hydrogen (secondary N) is 1. The average Bonchev–Trinajstić information content (AvgIpc) is 2.85. The van der Waals surface area contributed by atoms with E-state index >= 15 is 0 Å². The van der Waals surface area contributed by atoms with Crippen LogP contribution in [0.1, 0.15) is 26.3 Å². The molecule has 3 rings (SSSR count). The van der Waals surface area contributed by atoms with Crippen LogP contribution in [0.25, 0.3) is 0 Å². The van der Waals surface area contributed by atoms with E-state index in [0.717, 1.165) is 20.8 Å². The highest BCUT2D eigenvalue weighted by molar-refractivity contribution is 7.89. The molecule has 0 aliphatic carbocycles. The first-order valence-electron chi connectivity index (χ1n) is 8.26. The molecule has 1 aliphatic heterocycles. The third kappa shape index (κ3) is 3.51. The quantitative estimate of drug-likeness (QED) is 0.742. The van der Waals surface area contributed by atoms with Crippen LogP contribution in [0.3, 0.4) is 0 Å². The number of hydrogen-bond donors (Lipinski definition) is 1. The summed E-state index contributed by atoms with van der Waals surface area (Å²) in [4.78, 5) is 40.9. The SMILES string of the molecule is Cc1ccnc(NC(=O)CN(C)S(=O)(=O)c2ccc3c(c2)C(=O)N(C)C3=O)c1. The molecule has 1 aromatic carbocycles. The van der Waals surface area contributed by atoms with Crippen molar-refractivity contribution in [2.45, 2.75) is 11.8 Å². The first kappa shape index (κ1) is 19.6. The predicted octanol–water partition coefficient (Wildman–Crippen LogP) is 0.875. The lowest BCUT2D eigenvalue weighted by atomic mass is 10.1. The minimum atomic E-state index is -4.04. The van der Waals surface area contributed by atoms with Crippen molar-refractivity contribution in [2.24, 2.45) is 0 Å². The van der Waals surface area contributed by atoms with Gasteiger partial charge in [0.15, 0.2) is 0 Å². The number of fused-ring (bicyclic) bond motifs is 1. The Labute approximate surface area is 162 Å². The number of amides is 3. The molecule has 9 nitrogen and oxygen atoms in total. The lowest BCUT2D eigenvalue weighted by Crippen LogP contribution is -2.35. The molecule has 146 valence electrons. The molecule has 0 unspecified atom stereocenters. The van der Waals surface area contributed by atoms with Gasteiger partial charge in [-0.2, -0.15) is 4.31 Å². The van der Waals surface area contributed by atoms with Gasteiger partial charge in [0.05, 0.1) is 22.6 Å². The molecule has 2 aromatic rings. The minimum absolute atomic E-state index is 0.0235. The highest BCUT2D eigenvalue weighted by atomic mass is 32.2. The van der Waals surface area contributed by atoms with Crippen molar-refractivity contribution in [3.8, 4) is 0 Å². The third-order valence-corrected chi connectivity index (χ3v) is 6.12. The number of nitrogens with zero attached hydrogens (tertiary/aromatic N) is 3. The Morgan fingerprint density at radius 3 is 2.50 bits per heavy atom. The molecular weight excluding hydrogens is 384 g/mol. The lowest BCUT2D eigenvalue weighted by molar-refractivity contribution is -0.116. The number of likely N-dealkylation sites (N-methyl/N-ethyl adjacent to an activating group) is 1. The Balaban J connectivity index is 1.78. The Morgan fingerprint density at radius 2 is 1.82 bits per heavy atom. The fraction of sp³-hybridized carbons (Fsp3) is 0.222. The monoisotopic (exact) mass is 402 g/mol. The van der Waals surface area contributed by atoms with Gasteiger partial charge in [-0.25, -0.2) is 13.4 Å². The summed E-state index contributed by atoms with van der Waals surface area (Å²) in [7, 11) is -1.46. The van der Waals surface area contributed by atoms with Crippen LogP contribution in [0.15, 0.2) is 41.4 Å². The maximum atomic E-state index is 12.8. The zero-order valence-corrected chi connectivity index (χ0v) is 16.3. The normalized spacial score (nSPS) is 13.8. The van der Waals surface area contributed by atoms with Gasteiger partial charge < -0.3 is 5.32 Å². The summed E-state index contributed by atoms with van der Waals surface area (Å²) >= 11 is 0. The molecule has 0 radical (unpaired) electrons. The second-order valence-corrected chi connectivity index (χ2v) is 8.45. The van der Waals surface area contributed by atoms with Crippen LogP contribution in [0.4, 0.5) is 5.82 Å². The van der Waals surface area contributed by atoms with Crippen molar-refractivity contribution in [3.63, 3.8) is 0 Å². The van der Waals surface area contributed by atoms with Crippen molar-refractivity contribution in [2.75, 3.05) is 26.0 Å². The van der Waals surface area contributed by atoms with E-state index in [2.05, 4.69) is 10.3 Å². The maximum absolute atomic E-state index is 12.8. The standard InChI is InChI=1S/C18H18N4O5S/c1-11-6-7-19-15(8-11)20-16(23)10-21(2)28(26,27)12-4-5-13-14(9-12)18(25)22(3)17(13)24/h4-9H,10H2,1-3H3,(H,19,20,23). The molecule has 2 heterocycles. The van der Waals surface area contributed by atoms with Gasteiger partial charge in [0.25, 0.3) is 11.8 Å². The maximum Gasteiger partial charge on any atom is 0.261 e. The van der Waals surface area contributed by atoms with Gasteiger partial charge in [-0.3, -0.25) is 19.3 Å². The summed E-state index contributed by atoms with van der Waals surface area (Å²) in [6, 6.07) is 7.13. The van der Waals surface area contributed by atoms with Gasteiger partial charge in [0.2, 0.25) is 15.9 Å². The molecule has 10 heteroatoms. The molecule has 0 saturated carbocycles. The number of aromatic nitrogens is 1. The van der Waals surface area contributed by atoms with Gasteiger partial charge in [-0.1, -0.05) is 0 Å². The van der Waals surface area contributed by atoms with Crippen LogP contribution in [0, 0.1) is 6.92 Å². The average molecular weight is 402 g/mol. The van der Waals surface area contributed by atoms with E-state index in [0.29, 0.717) is 5.82 Å². The summed E-state index contributed by atoms with van der Waals surface area (Å²) in [5.74, 6) is -1.29. The highest BCUT2D eigenvalue weighted by Gasteiger charge is 2.34. The van der Waals surface area contributed by atoms with E-state index < -0.39 is 34.3 Å². The molecule has 0 fully saturated rings. The van der Waals surface area contributed by atoms with E-state index in [-0.39, 0.29) is 16.0 Å². The summed E-state index contributed by atoms with van der Waals surface area (Å²) in [5, 5.41) is 2.54. The first-order valence-corrected chi connectivity index (χ1v) is 9.70. The van der Waals surface area contributed by atoms with Crippen LogP contribution < -0.4 is 5.32 Å². The van der Waals surface area contributed by atoms with E-state index in [1.807, 2.05) is 6.92 Å². The Kier molecular flexibility index (Phi) is 5.01. The van der Waals surface area contributed by atoms with Crippen LogP contribution in [-0.4, -0.2) is 61.0 Å². The number of sulfonamides is 1. The minimum Gasteiger partial charge on any atom is -0.310 e. The van der Waals surface area contributed by atoms with Crippen molar-refractivity contribution in [1.82, 2.24) is 14.2 Å². The third-order valence-electron chi connectivity index (χ3n) is 4.32. The predicted molar refractivity (Wildman–Crippen MR) is 100 cm³/mol. The number of pyridine rings is 1. The lowest BCUT2D eigenvalue weighted by Gasteiger charge is -2.17. The van der Waals surface area contributed by atoms with Gasteiger partial charge in [0, 0.05) is 20.3 Å². The number of imide groups is 1. The zero-order valence-electron chi connectivity index (χ0n) is 15.5. The van der Waals surface area contributed by atoms with Crippen LogP contribution in [-0.2, 0) is 14.8 Å². The molecule has 0 atom stereocenters. The van der Waals surface area contributed by atoms with Crippen molar-refractivity contribution in [3.05, 3.63) is 53.2 Å². The zero-order chi connectivity index (χ0) is 20.6. The summed E-state index contributed by atoms with van der Waals surface area (Å²) < 4.78 is 26.4. The molecule has 1 N–H and O–H groups in total. The van der Waals surface area contributed by atoms with Gasteiger partial charge in [0.1, 0.15) is 5.82 Å². The van der Waals surface area contributed by atoms with Crippen LogP contribution in [0.2, 0.25) is 0 Å². The second-order valence-electron chi connectivity index (χ2n) is 6.40. The molecule has 0 saturated heterocycles. The number of carbonyl (C=O) groups excluding carboxylic acids is 3.